The van der Waals surface area contributed by atoms with E-state index < -0.39 is 0 Å². The molecular formula is C13H20N6S. The fourth-order valence-electron chi connectivity index (χ4n) is 1.81. The molecule has 7 heteroatoms. The molecule has 0 saturated heterocycles. The number of hydrogen-bond acceptors (Lipinski definition) is 7. The number of rotatable bonds is 5. The number of aryl methyl sites for hydroxylation is 1. The quantitative estimate of drug-likeness (QED) is 0.876. The molecule has 0 aliphatic carbocycles. The van der Waals surface area contributed by atoms with Crippen molar-refractivity contribution in [3.05, 3.63) is 21.9 Å². The molecule has 1 unspecified atom stereocenters. The van der Waals surface area contributed by atoms with Crippen LogP contribution in [0, 0.1) is 6.92 Å². The van der Waals surface area contributed by atoms with E-state index in [9.17, 15) is 0 Å². The van der Waals surface area contributed by atoms with Crippen LogP contribution < -0.4 is 16.0 Å². The summed E-state index contributed by atoms with van der Waals surface area (Å²) in [5.41, 5.74) is 5.70. The summed E-state index contributed by atoms with van der Waals surface area (Å²) in [6, 6.07) is 4.52. The van der Waals surface area contributed by atoms with Gasteiger partial charge in [0.15, 0.2) is 0 Å². The third kappa shape index (κ3) is 3.80. The maximum atomic E-state index is 5.70. The highest BCUT2D eigenvalue weighted by Gasteiger charge is 2.10. The third-order valence-electron chi connectivity index (χ3n) is 2.72. The second-order valence-corrected chi connectivity index (χ2v) is 6.35. The fourth-order valence-corrected chi connectivity index (χ4v) is 2.83. The van der Waals surface area contributed by atoms with Gasteiger partial charge in [0.25, 0.3) is 0 Å². The minimum atomic E-state index is 0.227. The van der Waals surface area contributed by atoms with Gasteiger partial charge in [0.2, 0.25) is 17.8 Å². The minimum Gasteiger partial charge on any atom is -0.368 e. The average molecular weight is 292 g/mol. The van der Waals surface area contributed by atoms with Gasteiger partial charge in [-0.05, 0) is 26.0 Å². The van der Waals surface area contributed by atoms with E-state index in [-0.39, 0.29) is 12.0 Å². The molecule has 1 atom stereocenters. The summed E-state index contributed by atoms with van der Waals surface area (Å²) in [5, 5.41) is 3.27. The summed E-state index contributed by atoms with van der Waals surface area (Å²) in [6.45, 7) is 4.21. The van der Waals surface area contributed by atoms with Gasteiger partial charge in [-0.1, -0.05) is 0 Å². The van der Waals surface area contributed by atoms with Gasteiger partial charge in [-0.25, -0.2) is 0 Å². The fraction of sp³-hybridized carbons (Fsp3) is 0.462. The zero-order valence-electron chi connectivity index (χ0n) is 12.2. The van der Waals surface area contributed by atoms with Gasteiger partial charge in [0.05, 0.1) is 0 Å². The van der Waals surface area contributed by atoms with Crippen molar-refractivity contribution in [2.75, 3.05) is 30.0 Å². The molecule has 0 fully saturated rings. The Kier molecular flexibility index (Phi) is 4.39. The van der Waals surface area contributed by atoms with Crippen molar-refractivity contribution >= 4 is 29.2 Å². The zero-order valence-corrected chi connectivity index (χ0v) is 13.0. The highest BCUT2D eigenvalue weighted by Crippen LogP contribution is 2.18. The Morgan fingerprint density at radius 2 is 2.05 bits per heavy atom. The molecule has 0 radical (unpaired) electrons. The molecule has 2 heterocycles. The van der Waals surface area contributed by atoms with E-state index in [0.29, 0.717) is 11.9 Å². The van der Waals surface area contributed by atoms with Gasteiger partial charge in [-0.15, -0.1) is 11.3 Å². The van der Waals surface area contributed by atoms with Gasteiger partial charge in [-0.3, -0.25) is 0 Å². The number of nitrogen functional groups attached to an aromatic ring is 1. The van der Waals surface area contributed by atoms with Gasteiger partial charge in [0, 0.05) is 36.3 Å². The van der Waals surface area contributed by atoms with Crippen molar-refractivity contribution in [1.82, 2.24) is 15.0 Å². The van der Waals surface area contributed by atoms with Crippen molar-refractivity contribution < 1.29 is 0 Å². The molecule has 0 saturated carbocycles. The van der Waals surface area contributed by atoms with Crippen LogP contribution in [0.4, 0.5) is 17.8 Å². The van der Waals surface area contributed by atoms with E-state index in [1.165, 1.54) is 9.75 Å². The maximum Gasteiger partial charge on any atom is 0.231 e. The molecule has 0 aliphatic rings. The second-order valence-electron chi connectivity index (χ2n) is 4.97. The van der Waals surface area contributed by atoms with E-state index >= 15 is 0 Å². The Balaban J connectivity index is 2.05. The lowest BCUT2D eigenvalue weighted by molar-refractivity contribution is 0.782. The summed E-state index contributed by atoms with van der Waals surface area (Å²) in [6.07, 6.45) is 0.932. The van der Waals surface area contributed by atoms with Crippen LogP contribution in [0.15, 0.2) is 12.1 Å². The van der Waals surface area contributed by atoms with E-state index in [1.54, 1.807) is 4.90 Å². The number of nitrogens with one attached hydrogen (secondary N) is 1. The molecule has 6 nitrogen and oxygen atoms in total. The van der Waals surface area contributed by atoms with E-state index in [0.717, 1.165) is 6.42 Å². The highest BCUT2D eigenvalue weighted by atomic mass is 32.1. The van der Waals surface area contributed by atoms with Crippen LogP contribution in [0.1, 0.15) is 16.7 Å². The smallest absolute Gasteiger partial charge is 0.231 e. The molecule has 20 heavy (non-hydrogen) atoms. The topological polar surface area (TPSA) is 80.0 Å². The predicted octanol–water partition coefficient (Wildman–Crippen LogP) is 1.93. The third-order valence-corrected chi connectivity index (χ3v) is 3.74. The molecule has 2 aromatic rings. The van der Waals surface area contributed by atoms with E-state index in [4.69, 9.17) is 5.73 Å². The minimum absolute atomic E-state index is 0.227. The van der Waals surface area contributed by atoms with Gasteiger partial charge < -0.3 is 16.0 Å². The molecule has 0 amide bonds. The van der Waals surface area contributed by atoms with Crippen LogP contribution in [0.3, 0.4) is 0 Å². The molecule has 0 aromatic carbocycles. The van der Waals surface area contributed by atoms with Crippen molar-refractivity contribution in [1.29, 1.82) is 0 Å². The Morgan fingerprint density at radius 3 is 2.65 bits per heavy atom. The lowest BCUT2D eigenvalue weighted by Gasteiger charge is -2.15. The molecule has 3 N–H and O–H groups in total. The van der Waals surface area contributed by atoms with Crippen molar-refractivity contribution in [2.24, 2.45) is 0 Å². The van der Waals surface area contributed by atoms with Crippen molar-refractivity contribution in [3.63, 3.8) is 0 Å². The molecule has 0 aliphatic heterocycles. The standard InChI is InChI=1S/C13H20N6S/c1-8(7-10-6-5-9(2)20-10)15-12-16-11(14)17-13(18-12)19(3)4/h5-6,8H,7H2,1-4H3,(H3,14,15,16,17,18). The lowest BCUT2D eigenvalue weighted by Crippen LogP contribution is -2.22. The first-order valence-electron chi connectivity index (χ1n) is 6.45. The van der Waals surface area contributed by atoms with Crippen molar-refractivity contribution in [3.8, 4) is 0 Å². The first-order valence-corrected chi connectivity index (χ1v) is 7.26. The first-order chi connectivity index (χ1) is 9.44. The molecule has 108 valence electrons. The lowest BCUT2D eigenvalue weighted by atomic mass is 10.2. The summed E-state index contributed by atoms with van der Waals surface area (Å²) in [7, 11) is 3.74. The van der Waals surface area contributed by atoms with Crippen LogP contribution in [0.2, 0.25) is 0 Å². The van der Waals surface area contributed by atoms with Crippen molar-refractivity contribution in [2.45, 2.75) is 26.3 Å². The van der Waals surface area contributed by atoms with Gasteiger partial charge in [0.1, 0.15) is 0 Å². The van der Waals surface area contributed by atoms with Crippen LogP contribution >= 0.6 is 11.3 Å². The van der Waals surface area contributed by atoms with Gasteiger partial charge in [-0.2, -0.15) is 15.0 Å². The normalized spacial score (nSPS) is 12.2. The number of aromatic nitrogens is 3. The molecule has 0 bridgehead atoms. The first kappa shape index (κ1) is 14.5. The molecule has 2 rings (SSSR count). The van der Waals surface area contributed by atoms with Crippen LogP contribution in [-0.4, -0.2) is 35.1 Å². The molecule has 2 aromatic heterocycles. The molecule has 0 spiro atoms. The average Bonchev–Trinajstić information content (AvgIpc) is 2.73. The number of thiophene rings is 1. The Morgan fingerprint density at radius 1 is 1.30 bits per heavy atom. The largest absolute Gasteiger partial charge is 0.368 e. The number of nitrogens with zero attached hydrogens (tertiary/aromatic N) is 4. The maximum absolute atomic E-state index is 5.70. The van der Waals surface area contributed by atoms with Crippen LogP contribution in [0.25, 0.3) is 0 Å². The van der Waals surface area contributed by atoms with E-state index in [1.807, 2.05) is 25.4 Å². The number of hydrogen-bond donors (Lipinski definition) is 2. The van der Waals surface area contributed by atoms with E-state index in [2.05, 4.69) is 46.2 Å². The SMILES string of the molecule is Cc1ccc(CC(C)Nc2nc(N)nc(N(C)C)n2)s1. The van der Waals surface area contributed by atoms with Gasteiger partial charge >= 0.3 is 0 Å². The predicted molar refractivity (Wildman–Crippen MR) is 84.4 cm³/mol. The monoisotopic (exact) mass is 292 g/mol. The van der Waals surface area contributed by atoms with Crippen LogP contribution in [0.5, 0.6) is 0 Å². The molecular weight excluding hydrogens is 272 g/mol. The summed E-state index contributed by atoms with van der Waals surface area (Å²) < 4.78 is 0. The Labute approximate surface area is 123 Å². The van der Waals surface area contributed by atoms with Crippen LogP contribution in [-0.2, 0) is 6.42 Å². The number of anilines is 3. The summed E-state index contributed by atoms with van der Waals surface area (Å²) in [5.74, 6) is 1.30. The Bertz CT molecular complexity index is 580. The Hall–Kier alpha value is -1.89. The highest BCUT2D eigenvalue weighted by molar-refractivity contribution is 7.11. The number of nitrogens with two attached hydrogens (primary N) is 1. The summed E-state index contributed by atoms with van der Waals surface area (Å²) >= 11 is 1.81. The summed E-state index contributed by atoms with van der Waals surface area (Å²) in [4.78, 5) is 17.0. The second kappa shape index (κ2) is 6.04. The zero-order chi connectivity index (χ0) is 14.7.